The van der Waals surface area contributed by atoms with Gasteiger partial charge in [-0.15, -0.1) is 0 Å². The van der Waals surface area contributed by atoms with Crippen LogP contribution in [-0.4, -0.2) is 43.6 Å². The third-order valence-corrected chi connectivity index (χ3v) is 6.91. The van der Waals surface area contributed by atoms with Crippen molar-refractivity contribution in [2.45, 2.75) is 25.6 Å². The number of nitrogens with one attached hydrogen (secondary N) is 1. The largest absolute Gasteiger partial charge is 0.497 e. The van der Waals surface area contributed by atoms with Gasteiger partial charge in [-0.25, -0.2) is 0 Å². The number of halogens is 1. The fraction of sp³-hybridized carbons (Fsp3) is 0.212. The molecule has 0 aromatic heterocycles. The van der Waals surface area contributed by atoms with Gasteiger partial charge in [0, 0.05) is 19.5 Å². The summed E-state index contributed by atoms with van der Waals surface area (Å²) < 4.78 is 16.3. The van der Waals surface area contributed by atoms with Gasteiger partial charge >= 0.3 is 0 Å². The number of nitrogens with zero attached hydrogens (tertiary/aromatic N) is 1. The quantitative estimate of drug-likeness (QED) is 0.223. The lowest BCUT2D eigenvalue weighted by Gasteiger charge is -2.31. The maximum atomic E-state index is 13.8. The SMILES string of the molecule is COc1ccc(CNC(=O)C(Cc2ccccc2)N(Cc2ccc(OC)cc2)C(=O)COc2ccccc2Cl)cc1. The zero-order valence-electron chi connectivity index (χ0n) is 23.1. The maximum Gasteiger partial charge on any atom is 0.261 e. The monoisotopic (exact) mass is 572 g/mol. The standard InChI is InChI=1S/C33H33ClN2O5/c1-39-27-16-12-25(13-17-27)21-35-33(38)30(20-24-8-4-3-5-9-24)36(22-26-14-18-28(40-2)19-15-26)32(37)23-41-31-11-7-6-10-29(31)34/h3-19,30H,20-23H2,1-2H3,(H,35,38). The number of carbonyl (C=O) groups is 2. The fourth-order valence-electron chi connectivity index (χ4n) is 4.32. The molecule has 0 aliphatic rings. The van der Waals surface area contributed by atoms with Gasteiger partial charge < -0.3 is 24.4 Å². The number of benzene rings is 4. The van der Waals surface area contributed by atoms with Gasteiger partial charge in [0.25, 0.3) is 5.91 Å². The summed E-state index contributed by atoms with van der Waals surface area (Å²) in [5, 5.41) is 3.43. The van der Waals surface area contributed by atoms with Crippen molar-refractivity contribution in [1.82, 2.24) is 10.2 Å². The summed E-state index contributed by atoms with van der Waals surface area (Å²) in [6.45, 7) is 0.216. The van der Waals surface area contributed by atoms with E-state index in [0.29, 0.717) is 29.5 Å². The van der Waals surface area contributed by atoms with E-state index in [9.17, 15) is 9.59 Å². The average molecular weight is 573 g/mol. The zero-order chi connectivity index (χ0) is 29.0. The Bertz CT molecular complexity index is 1410. The van der Waals surface area contributed by atoms with E-state index in [1.807, 2.05) is 78.9 Å². The lowest BCUT2D eigenvalue weighted by atomic mass is 10.0. The highest BCUT2D eigenvalue weighted by molar-refractivity contribution is 6.32. The lowest BCUT2D eigenvalue weighted by molar-refractivity contribution is -0.142. The minimum atomic E-state index is -0.805. The molecule has 1 unspecified atom stereocenters. The molecule has 0 aliphatic heterocycles. The minimum Gasteiger partial charge on any atom is -0.497 e. The lowest BCUT2D eigenvalue weighted by Crippen LogP contribution is -2.51. The Morgan fingerprint density at radius 1 is 0.756 bits per heavy atom. The van der Waals surface area contributed by atoms with E-state index in [0.717, 1.165) is 22.4 Å². The number of carbonyl (C=O) groups excluding carboxylic acids is 2. The molecule has 1 N–H and O–H groups in total. The molecule has 0 bridgehead atoms. The zero-order valence-corrected chi connectivity index (χ0v) is 23.8. The predicted octanol–water partition coefficient (Wildman–Crippen LogP) is 5.69. The van der Waals surface area contributed by atoms with Crippen LogP contribution in [0.25, 0.3) is 0 Å². The van der Waals surface area contributed by atoms with Crippen LogP contribution in [0.2, 0.25) is 5.02 Å². The van der Waals surface area contributed by atoms with Gasteiger partial charge in [0.2, 0.25) is 5.91 Å². The van der Waals surface area contributed by atoms with Gasteiger partial charge in [-0.2, -0.15) is 0 Å². The predicted molar refractivity (Wildman–Crippen MR) is 159 cm³/mol. The molecule has 212 valence electrons. The van der Waals surface area contributed by atoms with Crippen LogP contribution in [0.1, 0.15) is 16.7 Å². The first kappa shape index (κ1) is 29.5. The molecule has 0 heterocycles. The van der Waals surface area contributed by atoms with Gasteiger partial charge in [-0.3, -0.25) is 9.59 Å². The van der Waals surface area contributed by atoms with E-state index in [2.05, 4.69) is 5.32 Å². The number of rotatable bonds is 13. The van der Waals surface area contributed by atoms with E-state index in [-0.39, 0.29) is 25.0 Å². The second-order valence-electron chi connectivity index (χ2n) is 9.36. The Morgan fingerprint density at radius 2 is 1.34 bits per heavy atom. The molecule has 1 atom stereocenters. The second-order valence-corrected chi connectivity index (χ2v) is 9.77. The number of ether oxygens (including phenoxy) is 3. The number of amides is 2. The van der Waals surface area contributed by atoms with Crippen molar-refractivity contribution in [3.8, 4) is 17.2 Å². The van der Waals surface area contributed by atoms with E-state index < -0.39 is 6.04 Å². The van der Waals surface area contributed by atoms with Crippen LogP contribution in [-0.2, 0) is 29.1 Å². The molecule has 4 aromatic carbocycles. The van der Waals surface area contributed by atoms with Crippen molar-refractivity contribution in [2.24, 2.45) is 0 Å². The Morgan fingerprint density at radius 3 is 1.95 bits per heavy atom. The van der Waals surface area contributed by atoms with Crippen molar-refractivity contribution >= 4 is 23.4 Å². The van der Waals surface area contributed by atoms with Crippen LogP contribution in [0.15, 0.2) is 103 Å². The topological polar surface area (TPSA) is 77.1 Å². The highest BCUT2D eigenvalue weighted by Crippen LogP contribution is 2.24. The maximum absolute atomic E-state index is 13.8. The molecule has 2 amide bonds. The molecular formula is C33H33ClN2O5. The summed E-state index contributed by atoms with van der Waals surface area (Å²) in [6, 6.07) is 30.7. The van der Waals surface area contributed by atoms with Gasteiger partial charge in [0.1, 0.15) is 23.3 Å². The molecule has 7 nitrogen and oxygen atoms in total. The number of methoxy groups -OCH3 is 2. The first-order chi connectivity index (χ1) is 20.0. The van der Waals surface area contributed by atoms with E-state index in [4.69, 9.17) is 25.8 Å². The van der Waals surface area contributed by atoms with Gasteiger partial charge in [-0.1, -0.05) is 78.3 Å². The van der Waals surface area contributed by atoms with Crippen LogP contribution in [0, 0.1) is 0 Å². The van der Waals surface area contributed by atoms with Crippen LogP contribution in [0.4, 0.5) is 0 Å². The van der Waals surface area contributed by atoms with E-state index in [1.54, 1.807) is 43.4 Å². The molecule has 0 spiro atoms. The molecule has 4 aromatic rings. The van der Waals surface area contributed by atoms with Crippen molar-refractivity contribution < 1.29 is 23.8 Å². The van der Waals surface area contributed by atoms with Gasteiger partial charge in [-0.05, 0) is 53.1 Å². The third-order valence-electron chi connectivity index (χ3n) is 6.60. The van der Waals surface area contributed by atoms with E-state index >= 15 is 0 Å². The molecule has 0 saturated heterocycles. The molecule has 4 rings (SSSR count). The summed E-state index contributed by atoms with van der Waals surface area (Å²) in [5.74, 6) is 1.21. The number of hydrogen-bond acceptors (Lipinski definition) is 5. The van der Waals surface area contributed by atoms with Crippen LogP contribution in [0.5, 0.6) is 17.2 Å². The Kier molecular flexibility index (Phi) is 10.6. The van der Waals surface area contributed by atoms with Crippen molar-refractivity contribution in [3.05, 3.63) is 125 Å². The molecule has 0 radical (unpaired) electrons. The Balaban J connectivity index is 1.61. The first-order valence-electron chi connectivity index (χ1n) is 13.2. The van der Waals surface area contributed by atoms with Crippen LogP contribution in [0.3, 0.4) is 0 Å². The second kappa shape index (κ2) is 14.8. The number of hydrogen-bond donors (Lipinski definition) is 1. The summed E-state index contributed by atoms with van der Waals surface area (Å²) in [5.41, 5.74) is 2.68. The highest BCUT2D eigenvalue weighted by atomic mass is 35.5. The summed E-state index contributed by atoms with van der Waals surface area (Å²) >= 11 is 6.25. The molecule has 0 saturated carbocycles. The van der Waals surface area contributed by atoms with Crippen LogP contribution < -0.4 is 19.5 Å². The minimum absolute atomic E-state index is 0.197. The average Bonchev–Trinajstić information content (AvgIpc) is 3.02. The van der Waals surface area contributed by atoms with Crippen molar-refractivity contribution in [3.63, 3.8) is 0 Å². The third kappa shape index (κ3) is 8.50. The van der Waals surface area contributed by atoms with Gasteiger partial charge in [0.05, 0.1) is 19.2 Å². The highest BCUT2D eigenvalue weighted by Gasteiger charge is 2.31. The fourth-order valence-corrected chi connectivity index (χ4v) is 4.51. The Labute approximate surface area is 245 Å². The van der Waals surface area contributed by atoms with Crippen molar-refractivity contribution in [2.75, 3.05) is 20.8 Å². The normalized spacial score (nSPS) is 11.3. The van der Waals surface area contributed by atoms with E-state index in [1.165, 1.54) is 0 Å². The molecule has 8 heteroatoms. The first-order valence-corrected chi connectivity index (χ1v) is 13.6. The molecule has 41 heavy (non-hydrogen) atoms. The summed E-state index contributed by atoms with van der Waals surface area (Å²) in [4.78, 5) is 29.1. The Hall–Kier alpha value is -4.49. The molecule has 0 fully saturated rings. The summed E-state index contributed by atoms with van der Waals surface area (Å²) in [6.07, 6.45) is 0.323. The van der Waals surface area contributed by atoms with Crippen LogP contribution >= 0.6 is 11.6 Å². The van der Waals surface area contributed by atoms with Gasteiger partial charge in [0.15, 0.2) is 6.61 Å². The molecule has 0 aliphatic carbocycles. The summed E-state index contributed by atoms with van der Waals surface area (Å²) in [7, 11) is 3.20. The molecular weight excluding hydrogens is 540 g/mol. The van der Waals surface area contributed by atoms with Crippen molar-refractivity contribution in [1.29, 1.82) is 0 Å². The number of para-hydroxylation sites is 1. The smallest absolute Gasteiger partial charge is 0.261 e.